The lowest BCUT2D eigenvalue weighted by atomic mass is 9.53. The number of aromatic nitrogens is 3. The molecule has 6 rings (SSSR count). The van der Waals surface area contributed by atoms with Crippen LogP contribution in [-0.2, 0) is 4.79 Å². The molecule has 4 fully saturated rings. The Kier molecular flexibility index (Phi) is 4.69. The van der Waals surface area contributed by atoms with Crippen molar-refractivity contribution in [3.05, 3.63) is 24.3 Å². The maximum atomic E-state index is 12.7. The number of amides is 1. The number of thioether (sulfide) groups is 1. The van der Waals surface area contributed by atoms with E-state index in [1.165, 1.54) is 35.7 Å². The van der Waals surface area contributed by atoms with Crippen LogP contribution in [0.4, 0.5) is 0 Å². The zero-order valence-electron chi connectivity index (χ0n) is 16.6. The van der Waals surface area contributed by atoms with Crippen molar-refractivity contribution in [3.8, 4) is 17.1 Å². The lowest BCUT2D eigenvalue weighted by Crippen LogP contribution is -2.60. The van der Waals surface area contributed by atoms with Gasteiger partial charge in [-0.3, -0.25) is 4.79 Å². The van der Waals surface area contributed by atoms with Gasteiger partial charge < -0.3 is 15.9 Å². The van der Waals surface area contributed by atoms with E-state index in [0.717, 1.165) is 42.6 Å². The molecule has 8 heteroatoms. The van der Waals surface area contributed by atoms with Crippen LogP contribution in [0.3, 0.4) is 0 Å². The van der Waals surface area contributed by atoms with E-state index in [1.807, 2.05) is 24.3 Å². The maximum Gasteiger partial charge on any atom is 0.230 e. The van der Waals surface area contributed by atoms with Gasteiger partial charge in [0, 0.05) is 5.54 Å². The Morgan fingerprint density at radius 2 is 1.86 bits per heavy atom. The molecule has 29 heavy (non-hydrogen) atoms. The van der Waals surface area contributed by atoms with Crippen molar-refractivity contribution in [2.45, 2.75) is 49.2 Å². The molecule has 1 aromatic carbocycles. The highest BCUT2D eigenvalue weighted by atomic mass is 32.2. The fourth-order valence-electron chi connectivity index (χ4n) is 6.11. The molecule has 1 heterocycles. The first-order valence-corrected chi connectivity index (χ1v) is 11.3. The van der Waals surface area contributed by atoms with E-state index in [0.29, 0.717) is 22.5 Å². The van der Waals surface area contributed by atoms with Gasteiger partial charge in [0.25, 0.3) is 0 Å². The number of hydrogen-bond donors (Lipinski definition) is 2. The summed E-state index contributed by atoms with van der Waals surface area (Å²) >= 11 is 1.32. The average molecular weight is 414 g/mol. The number of hydrogen-bond acceptors (Lipinski definition) is 6. The fourth-order valence-corrected chi connectivity index (χ4v) is 6.77. The Bertz CT molecular complexity index is 892. The molecule has 1 amide bonds. The summed E-state index contributed by atoms with van der Waals surface area (Å²) in [5, 5.41) is 12.3. The molecule has 7 nitrogen and oxygen atoms in total. The van der Waals surface area contributed by atoms with Crippen LogP contribution in [0.25, 0.3) is 11.4 Å². The van der Waals surface area contributed by atoms with Crippen LogP contribution in [0.2, 0.25) is 0 Å². The molecule has 0 spiro atoms. The Hall–Kier alpha value is -2.22. The summed E-state index contributed by atoms with van der Waals surface area (Å²) < 4.78 is 6.82. The summed E-state index contributed by atoms with van der Waals surface area (Å²) in [5.41, 5.74) is 0.806. The molecule has 3 N–H and O–H groups in total. The molecule has 4 bridgehead atoms. The summed E-state index contributed by atoms with van der Waals surface area (Å²) in [7, 11) is 1.61. The van der Waals surface area contributed by atoms with Crippen LogP contribution < -0.4 is 15.9 Å². The molecule has 1 aromatic heterocycles. The molecule has 154 valence electrons. The van der Waals surface area contributed by atoms with Gasteiger partial charge in [-0.05, 0) is 68.4 Å². The second kappa shape index (κ2) is 7.23. The molecular weight excluding hydrogens is 386 g/mol. The second-order valence-corrected chi connectivity index (χ2v) is 9.85. The smallest absolute Gasteiger partial charge is 0.230 e. The lowest BCUT2D eigenvalue weighted by molar-refractivity contribution is -0.124. The molecule has 0 atom stereocenters. The van der Waals surface area contributed by atoms with Crippen molar-refractivity contribution in [2.75, 3.05) is 18.7 Å². The first-order valence-electron chi connectivity index (χ1n) is 10.3. The zero-order chi connectivity index (χ0) is 20.0. The van der Waals surface area contributed by atoms with Crippen molar-refractivity contribution in [2.24, 2.45) is 17.8 Å². The number of carbonyl (C=O) groups excluding carboxylic acids is 1. The van der Waals surface area contributed by atoms with Gasteiger partial charge in [-0.15, -0.1) is 10.2 Å². The number of nitrogens with zero attached hydrogens (tertiary/aromatic N) is 3. The van der Waals surface area contributed by atoms with E-state index in [1.54, 1.807) is 7.11 Å². The van der Waals surface area contributed by atoms with E-state index in [-0.39, 0.29) is 11.4 Å². The van der Waals surface area contributed by atoms with Gasteiger partial charge in [0.1, 0.15) is 5.75 Å². The summed E-state index contributed by atoms with van der Waals surface area (Å²) in [6.45, 7) is 0. The highest BCUT2D eigenvalue weighted by Gasteiger charge is 2.51. The monoisotopic (exact) mass is 413 g/mol. The summed E-state index contributed by atoms with van der Waals surface area (Å²) in [4.78, 5) is 12.7. The number of para-hydroxylation sites is 1. The normalized spacial score (nSPS) is 29.8. The van der Waals surface area contributed by atoms with Crippen LogP contribution in [0.5, 0.6) is 5.75 Å². The number of methoxy groups -OCH3 is 1. The number of nitrogen functional groups attached to an aromatic ring is 1. The van der Waals surface area contributed by atoms with Gasteiger partial charge in [-0.25, -0.2) is 4.68 Å². The number of nitrogens with one attached hydrogen (secondary N) is 1. The van der Waals surface area contributed by atoms with Gasteiger partial charge in [-0.1, -0.05) is 23.9 Å². The number of benzene rings is 1. The van der Waals surface area contributed by atoms with Crippen LogP contribution in [0.1, 0.15) is 38.5 Å². The third kappa shape index (κ3) is 3.47. The Labute approximate surface area is 174 Å². The minimum Gasteiger partial charge on any atom is -0.496 e. The van der Waals surface area contributed by atoms with E-state index >= 15 is 0 Å². The highest BCUT2D eigenvalue weighted by Crippen LogP contribution is 2.55. The van der Waals surface area contributed by atoms with E-state index in [9.17, 15) is 4.79 Å². The Morgan fingerprint density at radius 3 is 2.52 bits per heavy atom. The first kappa shape index (κ1) is 18.8. The molecule has 2 aromatic rings. The van der Waals surface area contributed by atoms with Gasteiger partial charge in [0.2, 0.25) is 11.1 Å². The number of ether oxygens (including phenoxy) is 1. The predicted molar refractivity (Wildman–Crippen MR) is 112 cm³/mol. The van der Waals surface area contributed by atoms with E-state index in [4.69, 9.17) is 10.6 Å². The number of nitrogens with two attached hydrogens (primary N) is 1. The largest absolute Gasteiger partial charge is 0.496 e. The minimum absolute atomic E-state index is 0.0331. The molecule has 4 saturated carbocycles. The molecule has 0 unspecified atom stereocenters. The quantitative estimate of drug-likeness (QED) is 0.559. The van der Waals surface area contributed by atoms with Gasteiger partial charge >= 0.3 is 0 Å². The number of rotatable bonds is 6. The van der Waals surface area contributed by atoms with Gasteiger partial charge in [0.05, 0.1) is 18.4 Å². The Balaban J connectivity index is 1.24. The predicted octanol–water partition coefficient (Wildman–Crippen LogP) is 2.84. The number of carbonyl (C=O) groups is 1. The standard InChI is InChI=1S/C21H27N5O2S/c1-28-17-5-3-2-4-16(17)19-24-25-20(26(19)22)29-12-18(27)23-21-9-13-6-14(10-21)8-15(7-13)11-21/h2-5,13-15H,6-12,22H2,1H3,(H,23,27). The van der Waals surface area contributed by atoms with Crippen molar-refractivity contribution >= 4 is 17.7 Å². The lowest BCUT2D eigenvalue weighted by Gasteiger charge is -2.56. The van der Waals surface area contributed by atoms with Crippen LogP contribution >= 0.6 is 11.8 Å². The van der Waals surface area contributed by atoms with Crippen molar-refractivity contribution in [1.29, 1.82) is 0 Å². The van der Waals surface area contributed by atoms with Gasteiger partial charge in [0.15, 0.2) is 5.82 Å². The Morgan fingerprint density at radius 1 is 1.21 bits per heavy atom. The van der Waals surface area contributed by atoms with E-state index < -0.39 is 0 Å². The second-order valence-electron chi connectivity index (χ2n) is 8.91. The molecular formula is C21H27N5O2S. The highest BCUT2D eigenvalue weighted by molar-refractivity contribution is 7.99. The van der Waals surface area contributed by atoms with Gasteiger partial charge in [-0.2, -0.15) is 0 Å². The van der Waals surface area contributed by atoms with Crippen molar-refractivity contribution in [1.82, 2.24) is 20.2 Å². The molecule has 0 radical (unpaired) electrons. The minimum atomic E-state index is 0.0331. The summed E-state index contributed by atoms with van der Waals surface area (Å²) in [6.07, 6.45) is 7.56. The average Bonchev–Trinajstić information content (AvgIpc) is 3.05. The fraction of sp³-hybridized carbons (Fsp3) is 0.571. The third-order valence-corrected chi connectivity index (χ3v) is 7.73. The SMILES string of the molecule is COc1ccccc1-c1nnc(SCC(=O)NC23CC4CC(CC(C4)C2)C3)n1N. The molecule has 4 aliphatic carbocycles. The topological polar surface area (TPSA) is 95.1 Å². The van der Waals surface area contributed by atoms with Crippen LogP contribution in [0, 0.1) is 17.8 Å². The van der Waals surface area contributed by atoms with Crippen molar-refractivity contribution in [3.63, 3.8) is 0 Å². The van der Waals surface area contributed by atoms with E-state index in [2.05, 4.69) is 15.5 Å². The molecule has 4 aliphatic rings. The van der Waals surface area contributed by atoms with Crippen molar-refractivity contribution < 1.29 is 9.53 Å². The first-order chi connectivity index (χ1) is 14.0. The maximum absolute atomic E-state index is 12.7. The van der Waals surface area contributed by atoms with Crippen LogP contribution in [0.15, 0.2) is 29.4 Å². The third-order valence-electron chi connectivity index (χ3n) is 6.79. The van der Waals surface area contributed by atoms with Crippen LogP contribution in [-0.4, -0.2) is 39.2 Å². The zero-order valence-corrected chi connectivity index (χ0v) is 17.5. The molecule has 0 aliphatic heterocycles. The summed E-state index contributed by atoms with van der Waals surface area (Å²) in [6, 6.07) is 7.54. The molecule has 0 saturated heterocycles. The summed E-state index contributed by atoms with van der Waals surface area (Å²) in [5.74, 6) is 10.2.